The zero-order valence-electron chi connectivity index (χ0n) is 8.91. The van der Waals surface area contributed by atoms with Gasteiger partial charge in [0.1, 0.15) is 5.82 Å². The van der Waals surface area contributed by atoms with Gasteiger partial charge in [0.25, 0.3) is 0 Å². The Labute approximate surface area is 103 Å². The highest BCUT2D eigenvalue weighted by molar-refractivity contribution is 9.10. The van der Waals surface area contributed by atoms with Crippen molar-refractivity contribution in [2.24, 2.45) is 5.73 Å². The van der Waals surface area contributed by atoms with E-state index >= 15 is 0 Å². The SMILES string of the molecule is N[C@H]1CC[C@@H](c2nc3ccc(Br)cc3[nH]2)C1. The van der Waals surface area contributed by atoms with Crippen LogP contribution in [0.3, 0.4) is 0 Å². The van der Waals surface area contributed by atoms with Crippen LogP contribution in [-0.4, -0.2) is 16.0 Å². The predicted molar refractivity (Wildman–Crippen MR) is 68.4 cm³/mol. The summed E-state index contributed by atoms with van der Waals surface area (Å²) in [6.07, 6.45) is 3.33. The summed E-state index contributed by atoms with van der Waals surface area (Å²) < 4.78 is 1.08. The second-order valence-corrected chi connectivity index (χ2v) is 5.47. The molecule has 0 aliphatic heterocycles. The Kier molecular flexibility index (Phi) is 2.48. The summed E-state index contributed by atoms with van der Waals surface area (Å²) in [5, 5.41) is 0. The molecule has 1 heterocycles. The molecule has 1 aliphatic carbocycles. The Hall–Kier alpha value is -0.870. The molecule has 0 radical (unpaired) electrons. The summed E-state index contributed by atoms with van der Waals surface area (Å²) in [6, 6.07) is 6.48. The van der Waals surface area contributed by atoms with Gasteiger partial charge in [-0.05, 0) is 37.5 Å². The molecule has 1 fully saturated rings. The maximum Gasteiger partial charge on any atom is 0.110 e. The minimum atomic E-state index is 0.352. The van der Waals surface area contributed by atoms with Crippen molar-refractivity contribution >= 4 is 27.0 Å². The van der Waals surface area contributed by atoms with Gasteiger partial charge in [-0.3, -0.25) is 0 Å². The fraction of sp³-hybridized carbons (Fsp3) is 0.417. The molecule has 0 saturated heterocycles. The van der Waals surface area contributed by atoms with E-state index in [0.717, 1.165) is 40.6 Å². The van der Waals surface area contributed by atoms with Crippen molar-refractivity contribution < 1.29 is 0 Å². The minimum absolute atomic E-state index is 0.352. The molecule has 3 nitrogen and oxygen atoms in total. The largest absolute Gasteiger partial charge is 0.342 e. The molecular formula is C12H14BrN3. The first-order valence-corrected chi connectivity index (χ1v) is 6.42. The molecule has 3 rings (SSSR count). The predicted octanol–water partition coefficient (Wildman–Crippen LogP) is 2.92. The molecule has 1 saturated carbocycles. The van der Waals surface area contributed by atoms with E-state index < -0.39 is 0 Å². The van der Waals surface area contributed by atoms with Gasteiger partial charge in [-0.25, -0.2) is 4.98 Å². The van der Waals surface area contributed by atoms with Crippen LogP contribution < -0.4 is 5.73 Å². The number of rotatable bonds is 1. The summed E-state index contributed by atoms with van der Waals surface area (Å²) in [5.74, 6) is 1.61. The fourth-order valence-corrected chi connectivity index (χ4v) is 2.82. The number of hydrogen-bond donors (Lipinski definition) is 2. The van der Waals surface area contributed by atoms with E-state index in [0.29, 0.717) is 12.0 Å². The van der Waals surface area contributed by atoms with Crippen LogP contribution in [0.15, 0.2) is 22.7 Å². The smallest absolute Gasteiger partial charge is 0.110 e. The number of halogens is 1. The van der Waals surface area contributed by atoms with Crippen molar-refractivity contribution in [3.8, 4) is 0 Å². The van der Waals surface area contributed by atoms with Crippen molar-refractivity contribution in [2.45, 2.75) is 31.2 Å². The number of nitrogens with zero attached hydrogens (tertiary/aromatic N) is 1. The molecule has 1 aliphatic rings. The van der Waals surface area contributed by atoms with Gasteiger partial charge in [0.05, 0.1) is 11.0 Å². The second kappa shape index (κ2) is 3.86. The zero-order chi connectivity index (χ0) is 11.1. The van der Waals surface area contributed by atoms with Crippen LogP contribution in [0.2, 0.25) is 0 Å². The van der Waals surface area contributed by atoms with E-state index in [1.807, 2.05) is 12.1 Å². The van der Waals surface area contributed by atoms with E-state index in [1.165, 1.54) is 0 Å². The average molecular weight is 280 g/mol. The third kappa shape index (κ3) is 1.76. The molecule has 0 unspecified atom stereocenters. The van der Waals surface area contributed by atoms with Gasteiger partial charge in [-0.15, -0.1) is 0 Å². The normalized spacial score (nSPS) is 25.4. The molecule has 0 amide bonds. The number of aromatic nitrogens is 2. The highest BCUT2D eigenvalue weighted by Crippen LogP contribution is 2.33. The van der Waals surface area contributed by atoms with Crippen LogP contribution in [0.4, 0.5) is 0 Å². The first-order chi connectivity index (χ1) is 7.72. The number of imidazole rings is 1. The third-order valence-electron chi connectivity index (χ3n) is 3.32. The molecule has 2 aromatic rings. The Morgan fingerprint density at radius 2 is 2.25 bits per heavy atom. The lowest BCUT2D eigenvalue weighted by atomic mass is 10.1. The van der Waals surface area contributed by atoms with Gasteiger partial charge in [0, 0.05) is 16.4 Å². The van der Waals surface area contributed by atoms with Crippen LogP contribution >= 0.6 is 15.9 Å². The fourth-order valence-electron chi connectivity index (χ4n) is 2.46. The molecule has 16 heavy (non-hydrogen) atoms. The van der Waals surface area contributed by atoms with E-state index in [1.54, 1.807) is 0 Å². The van der Waals surface area contributed by atoms with Gasteiger partial charge >= 0.3 is 0 Å². The topological polar surface area (TPSA) is 54.7 Å². The summed E-state index contributed by atoms with van der Waals surface area (Å²) in [4.78, 5) is 8.04. The second-order valence-electron chi connectivity index (χ2n) is 4.55. The molecule has 4 heteroatoms. The van der Waals surface area contributed by atoms with Gasteiger partial charge in [0.2, 0.25) is 0 Å². The van der Waals surface area contributed by atoms with E-state index in [9.17, 15) is 0 Å². The quantitative estimate of drug-likeness (QED) is 0.843. The van der Waals surface area contributed by atoms with E-state index in [2.05, 4.69) is 32.0 Å². The highest BCUT2D eigenvalue weighted by Gasteiger charge is 2.25. The lowest BCUT2D eigenvalue weighted by molar-refractivity contribution is 0.651. The van der Waals surface area contributed by atoms with Gasteiger partial charge in [0.15, 0.2) is 0 Å². The van der Waals surface area contributed by atoms with Crippen LogP contribution in [-0.2, 0) is 0 Å². The summed E-state index contributed by atoms with van der Waals surface area (Å²) in [5.41, 5.74) is 8.07. The molecule has 3 N–H and O–H groups in total. The monoisotopic (exact) mass is 279 g/mol. The minimum Gasteiger partial charge on any atom is -0.342 e. The molecule has 84 valence electrons. The number of nitrogens with two attached hydrogens (primary N) is 1. The van der Waals surface area contributed by atoms with Crippen molar-refractivity contribution in [1.29, 1.82) is 0 Å². The van der Waals surface area contributed by atoms with Crippen molar-refractivity contribution in [3.63, 3.8) is 0 Å². The number of hydrogen-bond acceptors (Lipinski definition) is 2. The van der Waals surface area contributed by atoms with Crippen LogP contribution in [0.1, 0.15) is 31.0 Å². The number of aromatic amines is 1. The molecule has 1 aromatic carbocycles. The van der Waals surface area contributed by atoms with Crippen LogP contribution in [0.5, 0.6) is 0 Å². The van der Waals surface area contributed by atoms with Gasteiger partial charge < -0.3 is 10.7 Å². The molecule has 1 aromatic heterocycles. The van der Waals surface area contributed by atoms with Crippen molar-refractivity contribution in [2.75, 3.05) is 0 Å². The standard InChI is InChI=1S/C12H14BrN3/c13-8-2-4-10-11(6-8)16-12(15-10)7-1-3-9(14)5-7/h2,4,6-7,9H,1,3,5,14H2,(H,15,16)/t7-,9+/m1/s1. The molecule has 0 bridgehead atoms. The maximum absolute atomic E-state index is 5.93. The van der Waals surface area contributed by atoms with E-state index in [4.69, 9.17) is 5.73 Å². The number of benzene rings is 1. The Morgan fingerprint density at radius 1 is 1.38 bits per heavy atom. The van der Waals surface area contributed by atoms with Gasteiger partial charge in [-0.1, -0.05) is 15.9 Å². The number of nitrogens with one attached hydrogen (secondary N) is 1. The third-order valence-corrected chi connectivity index (χ3v) is 3.82. The first-order valence-electron chi connectivity index (χ1n) is 5.63. The Morgan fingerprint density at radius 3 is 3.00 bits per heavy atom. The highest BCUT2D eigenvalue weighted by atomic mass is 79.9. The summed E-state index contributed by atoms with van der Waals surface area (Å²) in [6.45, 7) is 0. The van der Waals surface area contributed by atoms with Crippen LogP contribution in [0.25, 0.3) is 11.0 Å². The lowest BCUT2D eigenvalue weighted by Crippen LogP contribution is -2.14. The summed E-state index contributed by atoms with van der Waals surface area (Å²) in [7, 11) is 0. The molecule has 0 spiro atoms. The molecular weight excluding hydrogens is 266 g/mol. The van der Waals surface area contributed by atoms with Gasteiger partial charge in [-0.2, -0.15) is 0 Å². The van der Waals surface area contributed by atoms with Crippen molar-refractivity contribution in [1.82, 2.24) is 9.97 Å². The average Bonchev–Trinajstić information content (AvgIpc) is 2.83. The zero-order valence-corrected chi connectivity index (χ0v) is 10.5. The Bertz CT molecular complexity index is 520. The lowest BCUT2D eigenvalue weighted by Gasteiger charge is -2.04. The Balaban J connectivity index is 1.99. The maximum atomic E-state index is 5.93. The first kappa shape index (κ1) is 10.3. The summed E-state index contributed by atoms with van der Waals surface area (Å²) >= 11 is 3.47. The van der Waals surface area contributed by atoms with Crippen LogP contribution in [0, 0.1) is 0 Å². The van der Waals surface area contributed by atoms with Crippen molar-refractivity contribution in [3.05, 3.63) is 28.5 Å². The number of fused-ring (bicyclic) bond motifs is 1. The van der Waals surface area contributed by atoms with E-state index in [-0.39, 0.29) is 0 Å². The number of H-pyrrole nitrogens is 1. The molecule has 2 atom stereocenters.